The van der Waals surface area contributed by atoms with E-state index in [9.17, 15) is 4.79 Å². The molecule has 3 nitrogen and oxygen atoms in total. The van der Waals surface area contributed by atoms with Crippen LogP contribution in [0.5, 0.6) is 0 Å². The van der Waals surface area contributed by atoms with Gasteiger partial charge < -0.3 is 4.74 Å². The van der Waals surface area contributed by atoms with E-state index in [4.69, 9.17) is 5.26 Å². The molecule has 4 heteroatoms. The molecule has 0 aliphatic rings. The first-order valence-electron chi connectivity index (χ1n) is 3.89. The van der Waals surface area contributed by atoms with Crippen LogP contribution in [0.1, 0.15) is 21.5 Å². The number of hydrogen-bond donors (Lipinski definition) is 0. The Bertz CT molecular complexity index is 421. The van der Waals surface area contributed by atoms with Gasteiger partial charge in [-0.05, 0) is 40.5 Å². The summed E-state index contributed by atoms with van der Waals surface area (Å²) < 4.78 is 5.21. The third-order valence-electron chi connectivity index (χ3n) is 1.91. The SMILES string of the molecule is COC(=O)c1ccc(C#N)c(C)c1Br. The standard InChI is InChI=1S/C10H8BrNO2/c1-6-7(5-12)3-4-8(9(6)11)10(13)14-2/h3-4H,1-2H3. The molecule has 0 saturated carbocycles. The van der Waals surface area contributed by atoms with Crippen molar-refractivity contribution in [1.29, 1.82) is 5.26 Å². The highest BCUT2D eigenvalue weighted by Gasteiger charge is 2.13. The summed E-state index contributed by atoms with van der Waals surface area (Å²) in [4.78, 5) is 11.3. The van der Waals surface area contributed by atoms with Crippen LogP contribution in [0.2, 0.25) is 0 Å². The molecule has 1 aromatic carbocycles. The third-order valence-corrected chi connectivity index (χ3v) is 2.93. The maximum Gasteiger partial charge on any atom is 0.339 e. The van der Waals surface area contributed by atoms with Gasteiger partial charge in [0.15, 0.2) is 0 Å². The predicted octanol–water partition coefficient (Wildman–Crippen LogP) is 2.42. The van der Waals surface area contributed by atoms with Gasteiger partial charge in [-0.2, -0.15) is 5.26 Å². The number of esters is 1. The molecule has 0 saturated heterocycles. The fourth-order valence-electron chi connectivity index (χ4n) is 1.07. The Morgan fingerprint density at radius 1 is 1.57 bits per heavy atom. The van der Waals surface area contributed by atoms with Crippen molar-refractivity contribution in [2.45, 2.75) is 6.92 Å². The van der Waals surface area contributed by atoms with Gasteiger partial charge in [0.05, 0.1) is 24.3 Å². The zero-order valence-electron chi connectivity index (χ0n) is 7.80. The first-order chi connectivity index (χ1) is 6.61. The van der Waals surface area contributed by atoms with Gasteiger partial charge in [-0.15, -0.1) is 0 Å². The average molecular weight is 254 g/mol. The minimum atomic E-state index is -0.413. The van der Waals surface area contributed by atoms with Gasteiger partial charge in [0.2, 0.25) is 0 Å². The average Bonchev–Trinajstić information content (AvgIpc) is 2.21. The van der Waals surface area contributed by atoms with Crippen molar-refractivity contribution in [1.82, 2.24) is 0 Å². The van der Waals surface area contributed by atoms with Gasteiger partial charge in [0, 0.05) is 4.47 Å². The Hall–Kier alpha value is -1.34. The van der Waals surface area contributed by atoms with Crippen molar-refractivity contribution < 1.29 is 9.53 Å². The van der Waals surface area contributed by atoms with E-state index in [2.05, 4.69) is 20.7 Å². The Morgan fingerprint density at radius 2 is 2.21 bits per heavy atom. The van der Waals surface area contributed by atoms with Gasteiger partial charge in [-0.1, -0.05) is 0 Å². The minimum absolute atomic E-state index is 0.413. The molecule has 1 rings (SSSR count). The number of rotatable bonds is 1. The summed E-state index contributed by atoms with van der Waals surface area (Å²) in [5.41, 5.74) is 1.73. The molecular formula is C10H8BrNO2. The summed E-state index contributed by atoms with van der Waals surface area (Å²) in [5, 5.41) is 8.74. The van der Waals surface area contributed by atoms with Crippen molar-refractivity contribution in [3.8, 4) is 6.07 Å². The minimum Gasteiger partial charge on any atom is -0.465 e. The highest BCUT2D eigenvalue weighted by atomic mass is 79.9. The Kier molecular flexibility index (Phi) is 3.26. The smallest absolute Gasteiger partial charge is 0.339 e. The van der Waals surface area contributed by atoms with E-state index in [0.29, 0.717) is 15.6 Å². The molecule has 0 aliphatic carbocycles. The maximum absolute atomic E-state index is 11.3. The number of nitriles is 1. The largest absolute Gasteiger partial charge is 0.465 e. The van der Waals surface area contributed by atoms with Gasteiger partial charge in [0.1, 0.15) is 0 Å². The van der Waals surface area contributed by atoms with E-state index in [1.807, 2.05) is 6.07 Å². The molecule has 0 unspecified atom stereocenters. The van der Waals surface area contributed by atoms with Crippen molar-refractivity contribution >= 4 is 21.9 Å². The fourth-order valence-corrected chi connectivity index (χ4v) is 1.58. The lowest BCUT2D eigenvalue weighted by atomic mass is 10.1. The van der Waals surface area contributed by atoms with Crippen molar-refractivity contribution in [3.63, 3.8) is 0 Å². The zero-order chi connectivity index (χ0) is 10.7. The molecule has 0 bridgehead atoms. The van der Waals surface area contributed by atoms with E-state index < -0.39 is 5.97 Å². The maximum atomic E-state index is 11.3. The van der Waals surface area contributed by atoms with Crippen LogP contribution < -0.4 is 0 Å². The molecule has 0 N–H and O–H groups in total. The number of halogens is 1. The van der Waals surface area contributed by atoms with E-state index in [1.165, 1.54) is 7.11 Å². The van der Waals surface area contributed by atoms with Gasteiger partial charge in [0.25, 0.3) is 0 Å². The summed E-state index contributed by atoms with van der Waals surface area (Å²) in [6, 6.07) is 5.21. The number of methoxy groups -OCH3 is 1. The molecule has 14 heavy (non-hydrogen) atoms. The highest BCUT2D eigenvalue weighted by molar-refractivity contribution is 9.10. The van der Waals surface area contributed by atoms with Crippen LogP contribution >= 0.6 is 15.9 Å². The number of nitrogens with zero attached hydrogens (tertiary/aromatic N) is 1. The molecule has 0 amide bonds. The second kappa shape index (κ2) is 4.25. The number of hydrogen-bond acceptors (Lipinski definition) is 3. The molecular weight excluding hydrogens is 246 g/mol. The first kappa shape index (κ1) is 10.7. The second-order valence-electron chi connectivity index (χ2n) is 2.70. The molecule has 0 fully saturated rings. The van der Waals surface area contributed by atoms with Gasteiger partial charge in [-0.3, -0.25) is 0 Å². The Morgan fingerprint density at radius 3 is 2.71 bits per heavy atom. The van der Waals surface area contributed by atoms with Crippen molar-refractivity contribution in [3.05, 3.63) is 33.3 Å². The number of carbonyl (C=O) groups excluding carboxylic acids is 1. The van der Waals surface area contributed by atoms with E-state index in [1.54, 1.807) is 19.1 Å². The van der Waals surface area contributed by atoms with Crippen LogP contribution in [0.3, 0.4) is 0 Å². The van der Waals surface area contributed by atoms with Crippen LogP contribution in [-0.4, -0.2) is 13.1 Å². The van der Waals surface area contributed by atoms with Gasteiger partial charge >= 0.3 is 5.97 Å². The lowest BCUT2D eigenvalue weighted by Crippen LogP contribution is -2.03. The summed E-state index contributed by atoms with van der Waals surface area (Å²) in [7, 11) is 1.32. The summed E-state index contributed by atoms with van der Waals surface area (Å²) in [6.45, 7) is 1.77. The van der Waals surface area contributed by atoms with E-state index >= 15 is 0 Å². The monoisotopic (exact) mass is 253 g/mol. The summed E-state index contributed by atoms with van der Waals surface area (Å²) in [6.07, 6.45) is 0. The summed E-state index contributed by atoms with van der Waals surface area (Å²) >= 11 is 3.26. The Balaban J connectivity index is 3.33. The number of carbonyl (C=O) groups is 1. The zero-order valence-corrected chi connectivity index (χ0v) is 9.38. The molecule has 72 valence electrons. The molecule has 0 aromatic heterocycles. The van der Waals surface area contributed by atoms with E-state index in [0.717, 1.165) is 5.56 Å². The molecule has 0 radical (unpaired) electrons. The number of benzene rings is 1. The molecule has 1 aromatic rings. The highest BCUT2D eigenvalue weighted by Crippen LogP contribution is 2.24. The van der Waals surface area contributed by atoms with Crippen LogP contribution in [0, 0.1) is 18.3 Å². The fraction of sp³-hybridized carbons (Fsp3) is 0.200. The first-order valence-corrected chi connectivity index (χ1v) is 4.68. The lowest BCUT2D eigenvalue weighted by Gasteiger charge is -2.06. The van der Waals surface area contributed by atoms with Crippen LogP contribution in [-0.2, 0) is 4.74 Å². The van der Waals surface area contributed by atoms with Crippen molar-refractivity contribution in [2.24, 2.45) is 0 Å². The molecule has 0 spiro atoms. The molecule has 0 aliphatic heterocycles. The molecule has 0 heterocycles. The topological polar surface area (TPSA) is 50.1 Å². The van der Waals surface area contributed by atoms with Gasteiger partial charge in [-0.25, -0.2) is 4.79 Å². The van der Waals surface area contributed by atoms with Crippen molar-refractivity contribution in [2.75, 3.05) is 7.11 Å². The molecule has 0 atom stereocenters. The third kappa shape index (κ3) is 1.78. The van der Waals surface area contributed by atoms with E-state index in [-0.39, 0.29) is 0 Å². The second-order valence-corrected chi connectivity index (χ2v) is 3.50. The van der Waals surface area contributed by atoms with Crippen LogP contribution in [0.4, 0.5) is 0 Å². The quantitative estimate of drug-likeness (QED) is 0.723. The Labute approximate surface area is 90.4 Å². The van der Waals surface area contributed by atoms with Crippen LogP contribution in [0.15, 0.2) is 16.6 Å². The lowest BCUT2D eigenvalue weighted by molar-refractivity contribution is 0.0599. The predicted molar refractivity (Wildman–Crippen MR) is 54.9 cm³/mol. The summed E-state index contributed by atoms with van der Waals surface area (Å²) in [5.74, 6) is -0.413. The normalized spacial score (nSPS) is 9.29. The van der Waals surface area contributed by atoms with Crippen LogP contribution in [0.25, 0.3) is 0 Å². The number of ether oxygens (including phenoxy) is 1.